The van der Waals surface area contributed by atoms with Gasteiger partial charge in [0.2, 0.25) is 5.82 Å². The Bertz CT molecular complexity index is 691. The first-order valence-corrected chi connectivity index (χ1v) is 5.25. The van der Waals surface area contributed by atoms with Gasteiger partial charge in [-0.2, -0.15) is 0 Å². The van der Waals surface area contributed by atoms with Gasteiger partial charge in [-0.05, 0) is 12.1 Å². The molecule has 0 saturated carbocycles. The number of nitrogens with zero attached hydrogens (tertiary/aromatic N) is 2. The van der Waals surface area contributed by atoms with Crippen molar-refractivity contribution in [3.05, 3.63) is 46.9 Å². The number of nitrogens with one attached hydrogen (secondary N) is 1. The molecule has 0 aliphatic rings. The van der Waals surface area contributed by atoms with Crippen LogP contribution in [0.5, 0.6) is 0 Å². The van der Waals surface area contributed by atoms with Crippen LogP contribution in [0, 0.1) is 29.1 Å². The summed E-state index contributed by atoms with van der Waals surface area (Å²) in [7, 11) is 0. The summed E-state index contributed by atoms with van der Waals surface area (Å²) in [6.45, 7) is 0. The zero-order chi connectivity index (χ0) is 15.7. The summed E-state index contributed by atoms with van der Waals surface area (Å²) in [6, 6.07) is 2.23. The van der Waals surface area contributed by atoms with Crippen molar-refractivity contribution in [1.82, 2.24) is 10.2 Å². The predicted molar refractivity (Wildman–Crippen MR) is 60.6 cm³/mol. The Morgan fingerprint density at radius 2 is 1.43 bits per heavy atom. The maximum absolute atomic E-state index is 13.4. The van der Waals surface area contributed by atoms with E-state index in [2.05, 4.69) is 10.2 Å². The summed E-state index contributed by atoms with van der Waals surface area (Å²) in [6.07, 6.45) is 0. The van der Waals surface area contributed by atoms with Crippen molar-refractivity contribution in [3.63, 3.8) is 0 Å². The van der Waals surface area contributed by atoms with Crippen molar-refractivity contribution >= 4 is 17.4 Å². The highest BCUT2D eigenvalue weighted by atomic mass is 19.2. The number of amides is 1. The molecule has 5 nitrogen and oxygen atoms in total. The zero-order valence-corrected chi connectivity index (χ0v) is 9.92. The van der Waals surface area contributed by atoms with Crippen molar-refractivity contribution in [2.75, 3.05) is 11.1 Å². The second-order valence-corrected chi connectivity index (χ2v) is 3.74. The highest BCUT2D eigenvalue weighted by Crippen LogP contribution is 2.27. The molecule has 2 aromatic rings. The number of aromatic nitrogens is 2. The van der Waals surface area contributed by atoms with Gasteiger partial charge in [-0.25, -0.2) is 22.0 Å². The molecule has 0 radical (unpaired) electrons. The molecule has 1 aromatic heterocycles. The number of nitrogen functional groups attached to an aromatic ring is 1. The topological polar surface area (TPSA) is 80.9 Å². The molecule has 0 aliphatic heterocycles. The van der Waals surface area contributed by atoms with E-state index < -0.39 is 46.4 Å². The van der Waals surface area contributed by atoms with Gasteiger partial charge in [0.1, 0.15) is 11.5 Å². The maximum Gasteiger partial charge on any atom is 0.276 e. The lowest BCUT2D eigenvalue weighted by atomic mass is 10.2. The van der Waals surface area contributed by atoms with E-state index in [0.29, 0.717) is 0 Å². The summed E-state index contributed by atoms with van der Waals surface area (Å²) in [5.74, 6) is -12.2. The molecule has 0 atom stereocenters. The third kappa shape index (κ3) is 2.59. The highest BCUT2D eigenvalue weighted by Gasteiger charge is 2.27. The van der Waals surface area contributed by atoms with Crippen LogP contribution in [0.4, 0.5) is 33.5 Å². The normalized spacial score (nSPS) is 10.5. The molecule has 0 spiro atoms. The smallest absolute Gasteiger partial charge is 0.276 e. The molecule has 10 heteroatoms. The van der Waals surface area contributed by atoms with E-state index in [-0.39, 0.29) is 5.82 Å². The molecule has 0 bridgehead atoms. The Labute approximate surface area is 113 Å². The van der Waals surface area contributed by atoms with E-state index in [1.54, 1.807) is 5.32 Å². The number of halogens is 5. The summed E-state index contributed by atoms with van der Waals surface area (Å²) < 4.78 is 65.4. The third-order valence-electron chi connectivity index (χ3n) is 2.37. The molecule has 0 saturated heterocycles. The van der Waals surface area contributed by atoms with Crippen LogP contribution in [0.1, 0.15) is 10.5 Å². The fourth-order valence-electron chi connectivity index (χ4n) is 1.36. The van der Waals surface area contributed by atoms with Gasteiger partial charge in [-0.3, -0.25) is 4.79 Å². The lowest BCUT2D eigenvalue weighted by molar-refractivity contribution is 0.102. The van der Waals surface area contributed by atoms with E-state index in [1.807, 2.05) is 0 Å². The summed E-state index contributed by atoms with van der Waals surface area (Å²) in [5.41, 5.74) is 3.32. The maximum atomic E-state index is 13.4. The lowest BCUT2D eigenvalue weighted by Gasteiger charge is -2.09. The van der Waals surface area contributed by atoms with Crippen molar-refractivity contribution < 1.29 is 26.7 Å². The first-order valence-electron chi connectivity index (χ1n) is 5.25. The van der Waals surface area contributed by atoms with E-state index >= 15 is 0 Å². The molecule has 0 fully saturated rings. The molecule has 1 heterocycles. The van der Waals surface area contributed by atoms with Gasteiger partial charge in [0.05, 0.1) is 0 Å². The first kappa shape index (κ1) is 14.6. The molecule has 3 N–H and O–H groups in total. The number of rotatable bonds is 2. The van der Waals surface area contributed by atoms with Crippen molar-refractivity contribution in [1.29, 1.82) is 0 Å². The number of anilines is 2. The van der Waals surface area contributed by atoms with Crippen LogP contribution in [0.2, 0.25) is 0 Å². The Morgan fingerprint density at radius 3 is 1.90 bits per heavy atom. The average molecular weight is 304 g/mol. The summed E-state index contributed by atoms with van der Waals surface area (Å²) in [4.78, 5) is 11.6. The van der Waals surface area contributed by atoms with E-state index in [0.717, 1.165) is 6.07 Å². The SMILES string of the molecule is Nc1ccc(C(=O)Nc2c(F)c(F)c(F)c(F)c2F)nn1. The van der Waals surface area contributed by atoms with E-state index in [9.17, 15) is 26.7 Å². The van der Waals surface area contributed by atoms with Crippen LogP contribution in [-0.4, -0.2) is 16.1 Å². The molecule has 0 aliphatic carbocycles. The predicted octanol–water partition coefficient (Wildman–Crippen LogP) is 2.01. The van der Waals surface area contributed by atoms with Gasteiger partial charge in [0.25, 0.3) is 5.91 Å². The Morgan fingerprint density at radius 1 is 0.905 bits per heavy atom. The fourth-order valence-corrected chi connectivity index (χ4v) is 1.36. The second kappa shape index (κ2) is 5.31. The number of nitrogens with two attached hydrogens (primary N) is 1. The second-order valence-electron chi connectivity index (χ2n) is 3.74. The molecular formula is C11H5F5N4O. The minimum absolute atomic E-state index is 0.0252. The quantitative estimate of drug-likeness (QED) is 0.505. The van der Waals surface area contributed by atoms with Crippen LogP contribution < -0.4 is 11.1 Å². The third-order valence-corrected chi connectivity index (χ3v) is 2.37. The largest absolute Gasteiger partial charge is 0.382 e. The van der Waals surface area contributed by atoms with Crippen LogP contribution in [-0.2, 0) is 0 Å². The lowest BCUT2D eigenvalue weighted by Crippen LogP contribution is -2.18. The van der Waals surface area contributed by atoms with E-state index in [4.69, 9.17) is 5.73 Å². The Kier molecular flexibility index (Phi) is 3.70. The van der Waals surface area contributed by atoms with Crippen molar-refractivity contribution in [2.45, 2.75) is 0 Å². The molecule has 2 rings (SSSR count). The number of hydrogen-bond acceptors (Lipinski definition) is 4. The molecular weight excluding hydrogens is 299 g/mol. The first-order chi connectivity index (χ1) is 9.82. The monoisotopic (exact) mass is 304 g/mol. The number of carbonyl (C=O) groups excluding carboxylic acids is 1. The standard InChI is InChI=1S/C11H5F5N4O/c12-5-6(13)8(15)10(9(16)7(5)14)18-11(21)3-1-2-4(17)20-19-3/h1-2H,(H2,17,20)(H,18,21). The van der Waals surface area contributed by atoms with Crippen LogP contribution >= 0.6 is 0 Å². The highest BCUT2D eigenvalue weighted by molar-refractivity contribution is 6.02. The minimum atomic E-state index is -2.32. The Hall–Kier alpha value is -2.78. The van der Waals surface area contributed by atoms with Gasteiger partial charge >= 0.3 is 0 Å². The van der Waals surface area contributed by atoms with E-state index in [1.165, 1.54) is 6.07 Å². The van der Waals surface area contributed by atoms with Gasteiger partial charge < -0.3 is 11.1 Å². The molecule has 110 valence electrons. The van der Waals surface area contributed by atoms with Crippen LogP contribution in [0.15, 0.2) is 12.1 Å². The zero-order valence-electron chi connectivity index (χ0n) is 9.92. The van der Waals surface area contributed by atoms with Gasteiger partial charge in [0.15, 0.2) is 29.0 Å². The van der Waals surface area contributed by atoms with Crippen LogP contribution in [0.25, 0.3) is 0 Å². The van der Waals surface area contributed by atoms with Gasteiger partial charge in [-0.1, -0.05) is 0 Å². The number of hydrogen-bond donors (Lipinski definition) is 2. The molecule has 1 amide bonds. The van der Waals surface area contributed by atoms with Crippen molar-refractivity contribution in [3.8, 4) is 0 Å². The number of benzene rings is 1. The van der Waals surface area contributed by atoms with Crippen LogP contribution in [0.3, 0.4) is 0 Å². The molecule has 1 aromatic carbocycles. The van der Waals surface area contributed by atoms with Gasteiger partial charge in [-0.15, -0.1) is 10.2 Å². The van der Waals surface area contributed by atoms with Gasteiger partial charge in [0, 0.05) is 0 Å². The Balaban J connectivity index is 2.40. The minimum Gasteiger partial charge on any atom is -0.382 e. The summed E-state index contributed by atoms with van der Waals surface area (Å²) in [5, 5.41) is 8.15. The fraction of sp³-hybridized carbons (Fsp3) is 0. The average Bonchev–Trinajstić information content (AvgIpc) is 2.48. The molecule has 0 unspecified atom stereocenters. The van der Waals surface area contributed by atoms with Crippen molar-refractivity contribution in [2.24, 2.45) is 0 Å². The number of carbonyl (C=O) groups is 1. The summed E-state index contributed by atoms with van der Waals surface area (Å²) >= 11 is 0. The molecule has 21 heavy (non-hydrogen) atoms.